The molecule has 0 saturated carbocycles. The van der Waals surface area contributed by atoms with E-state index >= 15 is 0 Å². The average Bonchev–Trinajstić information content (AvgIpc) is 2.39. The van der Waals surface area contributed by atoms with Crippen molar-refractivity contribution in [3.05, 3.63) is 40.7 Å². The lowest BCUT2D eigenvalue weighted by atomic mass is 10.2. The van der Waals surface area contributed by atoms with Gasteiger partial charge in [0, 0.05) is 11.3 Å². The lowest BCUT2D eigenvalue weighted by Crippen LogP contribution is -1.96. The Morgan fingerprint density at radius 1 is 1.28 bits per heavy atom. The molecule has 2 rings (SSSR count). The van der Waals surface area contributed by atoms with Gasteiger partial charge in [0.25, 0.3) is 0 Å². The molecular formula is C14H16N2OS. The minimum absolute atomic E-state index is 0.613. The van der Waals surface area contributed by atoms with Crippen LogP contribution in [0.15, 0.2) is 30.3 Å². The summed E-state index contributed by atoms with van der Waals surface area (Å²) in [5.41, 5.74) is 2.08. The van der Waals surface area contributed by atoms with E-state index in [1.807, 2.05) is 37.3 Å². The number of nitrogens with one attached hydrogen (secondary N) is 1. The first-order chi connectivity index (χ1) is 8.72. The molecular weight excluding hydrogens is 244 g/mol. The highest BCUT2D eigenvalue weighted by Crippen LogP contribution is 2.21. The van der Waals surface area contributed by atoms with Crippen LogP contribution in [0.1, 0.15) is 19.5 Å². The number of rotatable bonds is 4. The summed E-state index contributed by atoms with van der Waals surface area (Å²) in [7, 11) is 0. The zero-order valence-electron chi connectivity index (χ0n) is 10.6. The van der Waals surface area contributed by atoms with Gasteiger partial charge in [0.1, 0.15) is 16.2 Å². The third-order valence-corrected chi connectivity index (χ3v) is 2.81. The van der Waals surface area contributed by atoms with Gasteiger partial charge in [-0.25, -0.2) is 4.98 Å². The second kappa shape index (κ2) is 5.78. The van der Waals surface area contributed by atoms with Crippen molar-refractivity contribution in [2.75, 3.05) is 6.61 Å². The van der Waals surface area contributed by atoms with Crippen molar-refractivity contribution in [1.29, 1.82) is 0 Å². The average molecular weight is 260 g/mol. The van der Waals surface area contributed by atoms with E-state index in [0.29, 0.717) is 11.2 Å². The third kappa shape index (κ3) is 2.96. The molecule has 0 saturated heterocycles. The summed E-state index contributed by atoms with van der Waals surface area (Å²) < 4.78 is 6.10. The number of hydrogen-bond donors (Lipinski definition) is 1. The van der Waals surface area contributed by atoms with Gasteiger partial charge in [0.05, 0.1) is 6.61 Å². The summed E-state index contributed by atoms with van der Waals surface area (Å²) in [5.74, 6) is 1.64. The van der Waals surface area contributed by atoms with E-state index in [9.17, 15) is 0 Å². The fraction of sp³-hybridized carbons (Fsp3) is 0.286. The Hall–Kier alpha value is -1.68. The van der Waals surface area contributed by atoms with Gasteiger partial charge in [-0.3, -0.25) is 0 Å². The number of aromatic amines is 1. The molecule has 0 aliphatic carbocycles. The molecule has 1 heterocycles. The maximum absolute atomic E-state index is 5.49. The Labute approximate surface area is 112 Å². The minimum atomic E-state index is 0.613. The Balaban J connectivity index is 2.44. The van der Waals surface area contributed by atoms with Crippen molar-refractivity contribution >= 4 is 12.2 Å². The van der Waals surface area contributed by atoms with Crippen molar-refractivity contribution in [3.63, 3.8) is 0 Å². The predicted molar refractivity (Wildman–Crippen MR) is 75.4 cm³/mol. The molecule has 0 spiro atoms. The van der Waals surface area contributed by atoms with E-state index in [-0.39, 0.29) is 0 Å². The van der Waals surface area contributed by atoms with Crippen LogP contribution >= 0.6 is 12.2 Å². The van der Waals surface area contributed by atoms with Crippen LogP contribution in [0.2, 0.25) is 0 Å². The number of benzene rings is 1. The van der Waals surface area contributed by atoms with Gasteiger partial charge in [0.2, 0.25) is 0 Å². The molecule has 0 atom stereocenters. The molecule has 0 aliphatic rings. The molecule has 1 N–H and O–H groups in total. The van der Waals surface area contributed by atoms with Crippen molar-refractivity contribution in [2.45, 2.75) is 20.3 Å². The Morgan fingerprint density at radius 3 is 2.83 bits per heavy atom. The van der Waals surface area contributed by atoms with Gasteiger partial charge < -0.3 is 9.72 Å². The number of ether oxygens (including phenoxy) is 1. The van der Waals surface area contributed by atoms with Crippen molar-refractivity contribution < 1.29 is 4.74 Å². The standard InChI is InChI=1S/C14H16N2OS/c1-3-11-9-13(18)16-14(15-11)10-6-5-7-12(8-10)17-4-2/h5-9H,3-4H2,1-2H3,(H,15,16,18). The van der Waals surface area contributed by atoms with Gasteiger partial charge in [-0.2, -0.15) is 0 Å². The molecule has 1 aromatic heterocycles. The summed E-state index contributed by atoms with van der Waals surface area (Å²) in [6.07, 6.45) is 0.907. The summed E-state index contributed by atoms with van der Waals surface area (Å²) >= 11 is 5.18. The van der Waals surface area contributed by atoms with Crippen LogP contribution in [0.4, 0.5) is 0 Å². The molecule has 0 amide bonds. The van der Waals surface area contributed by atoms with Crippen LogP contribution in [-0.2, 0) is 6.42 Å². The fourth-order valence-electron chi connectivity index (χ4n) is 1.73. The first-order valence-corrected chi connectivity index (χ1v) is 6.47. The molecule has 0 unspecified atom stereocenters. The Kier molecular flexibility index (Phi) is 4.10. The second-order valence-electron chi connectivity index (χ2n) is 3.91. The van der Waals surface area contributed by atoms with Gasteiger partial charge in [0.15, 0.2) is 0 Å². The van der Waals surface area contributed by atoms with Crippen LogP contribution in [0.5, 0.6) is 5.75 Å². The molecule has 0 fully saturated rings. The van der Waals surface area contributed by atoms with Crippen LogP contribution in [0.25, 0.3) is 11.4 Å². The van der Waals surface area contributed by atoms with Crippen LogP contribution in [0, 0.1) is 4.64 Å². The highest BCUT2D eigenvalue weighted by Gasteiger charge is 2.03. The lowest BCUT2D eigenvalue weighted by molar-refractivity contribution is 0.340. The maximum atomic E-state index is 5.49. The van der Waals surface area contributed by atoms with E-state index in [4.69, 9.17) is 17.0 Å². The first-order valence-electron chi connectivity index (χ1n) is 6.06. The predicted octanol–water partition coefficient (Wildman–Crippen LogP) is 3.77. The maximum Gasteiger partial charge on any atom is 0.139 e. The number of H-pyrrole nitrogens is 1. The van der Waals surface area contributed by atoms with Crippen molar-refractivity contribution in [2.24, 2.45) is 0 Å². The topological polar surface area (TPSA) is 37.9 Å². The van der Waals surface area contributed by atoms with Crippen molar-refractivity contribution in [1.82, 2.24) is 9.97 Å². The zero-order valence-corrected chi connectivity index (χ0v) is 11.4. The Bertz CT molecular complexity index is 592. The van der Waals surface area contributed by atoms with E-state index in [2.05, 4.69) is 16.9 Å². The van der Waals surface area contributed by atoms with E-state index < -0.39 is 0 Å². The summed E-state index contributed by atoms with van der Waals surface area (Å²) in [4.78, 5) is 7.64. The molecule has 0 radical (unpaired) electrons. The van der Waals surface area contributed by atoms with E-state index in [1.54, 1.807) is 0 Å². The summed E-state index contributed by atoms with van der Waals surface area (Å²) in [6.45, 7) is 4.71. The zero-order chi connectivity index (χ0) is 13.0. The Morgan fingerprint density at radius 2 is 2.11 bits per heavy atom. The molecule has 3 nitrogen and oxygen atoms in total. The first kappa shape index (κ1) is 12.8. The number of aryl methyl sites for hydroxylation is 1. The molecule has 2 aromatic rings. The second-order valence-corrected chi connectivity index (χ2v) is 4.33. The normalized spacial score (nSPS) is 10.3. The number of aromatic nitrogens is 2. The van der Waals surface area contributed by atoms with Crippen molar-refractivity contribution in [3.8, 4) is 17.1 Å². The highest BCUT2D eigenvalue weighted by molar-refractivity contribution is 7.71. The molecule has 18 heavy (non-hydrogen) atoms. The fourth-order valence-corrected chi connectivity index (χ4v) is 1.97. The number of hydrogen-bond acceptors (Lipinski definition) is 3. The minimum Gasteiger partial charge on any atom is -0.494 e. The van der Waals surface area contributed by atoms with E-state index in [0.717, 1.165) is 29.3 Å². The largest absolute Gasteiger partial charge is 0.494 e. The van der Waals surface area contributed by atoms with E-state index in [1.165, 1.54) is 0 Å². The monoisotopic (exact) mass is 260 g/mol. The van der Waals surface area contributed by atoms with Crippen LogP contribution in [-0.4, -0.2) is 16.6 Å². The smallest absolute Gasteiger partial charge is 0.139 e. The van der Waals surface area contributed by atoms with Crippen LogP contribution in [0.3, 0.4) is 0 Å². The third-order valence-electron chi connectivity index (χ3n) is 2.60. The SMILES string of the molecule is CCOc1cccc(-c2nc(=S)cc(CC)[nH]2)c1. The number of nitrogens with zero attached hydrogens (tertiary/aromatic N) is 1. The molecule has 94 valence electrons. The van der Waals surface area contributed by atoms with Gasteiger partial charge >= 0.3 is 0 Å². The van der Waals surface area contributed by atoms with Gasteiger partial charge in [-0.15, -0.1) is 0 Å². The quantitative estimate of drug-likeness (QED) is 0.850. The summed E-state index contributed by atoms with van der Waals surface area (Å²) in [6, 6.07) is 9.75. The van der Waals surface area contributed by atoms with Gasteiger partial charge in [-0.1, -0.05) is 31.3 Å². The van der Waals surface area contributed by atoms with Crippen LogP contribution < -0.4 is 4.74 Å². The lowest BCUT2D eigenvalue weighted by Gasteiger charge is -2.07. The molecule has 1 aromatic carbocycles. The highest BCUT2D eigenvalue weighted by atomic mass is 32.1. The van der Waals surface area contributed by atoms with Gasteiger partial charge in [-0.05, 0) is 31.5 Å². The summed E-state index contributed by atoms with van der Waals surface area (Å²) in [5, 5.41) is 0. The molecule has 0 bridgehead atoms. The molecule has 0 aliphatic heterocycles. The molecule has 4 heteroatoms.